The Kier molecular flexibility index (Phi) is 2.40. The van der Waals surface area contributed by atoms with Crippen molar-refractivity contribution in [2.24, 2.45) is 5.41 Å². The number of hydrogen-bond acceptors (Lipinski definition) is 1. The van der Waals surface area contributed by atoms with Crippen molar-refractivity contribution in [1.82, 2.24) is 4.98 Å². The Labute approximate surface area is 109 Å². The fraction of sp³-hybridized carbons (Fsp3) is 0.467. The molecule has 2 heterocycles. The number of nitrogens with one attached hydrogen (secondary N) is 1. The summed E-state index contributed by atoms with van der Waals surface area (Å²) in [5.41, 5.74) is 2.64. The zero-order chi connectivity index (χ0) is 13.0. The lowest BCUT2D eigenvalue weighted by Crippen LogP contribution is -2.36. The number of fused-ring (bicyclic) bond motifs is 1. The van der Waals surface area contributed by atoms with Crippen LogP contribution in [0.3, 0.4) is 0 Å². The highest BCUT2D eigenvalue weighted by Crippen LogP contribution is 2.45. The monoisotopic (exact) mass is 241 g/mol. The Morgan fingerprint density at radius 1 is 1.17 bits per heavy atom. The third-order valence-electron chi connectivity index (χ3n) is 4.74. The van der Waals surface area contributed by atoms with Gasteiger partial charge in [-0.1, -0.05) is 26.0 Å². The first-order chi connectivity index (χ1) is 8.41. The molecule has 0 spiro atoms. The fourth-order valence-electron chi connectivity index (χ4n) is 2.83. The topological polar surface area (TPSA) is 25.0 Å². The summed E-state index contributed by atoms with van der Waals surface area (Å²) in [5.74, 6) is 0. The van der Waals surface area contributed by atoms with Crippen LogP contribution in [0.2, 0.25) is 6.32 Å². The number of rotatable bonds is 1. The zero-order valence-corrected chi connectivity index (χ0v) is 11.6. The van der Waals surface area contributed by atoms with Gasteiger partial charge in [0.2, 0.25) is 0 Å². The van der Waals surface area contributed by atoms with Crippen molar-refractivity contribution in [2.45, 2.75) is 39.6 Å². The molecule has 0 aliphatic carbocycles. The van der Waals surface area contributed by atoms with Crippen LogP contribution in [0.4, 0.5) is 0 Å². The maximum atomic E-state index is 6.31. The Morgan fingerprint density at radius 3 is 2.61 bits per heavy atom. The standard InChI is InChI=1S/C15H20BNO/c1-14(2)10-16(18-15(14,3)4)12-6-5-7-13-11(12)8-9-17-13/h5-9,17H,10H2,1-4H3. The SMILES string of the molecule is CC1(C)CB(c2cccc3[nH]ccc23)OC1(C)C. The molecule has 0 radical (unpaired) electrons. The molecule has 3 rings (SSSR count). The third kappa shape index (κ3) is 1.61. The van der Waals surface area contributed by atoms with Crippen LogP contribution < -0.4 is 5.46 Å². The van der Waals surface area contributed by atoms with Crippen LogP contribution in [0.1, 0.15) is 27.7 Å². The Hall–Kier alpha value is -1.22. The van der Waals surface area contributed by atoms with Gasteiger partial charge in [-0.15, -0.1) is 0 Å². The second-order valence-electron chi connectivity index (χ2n) is 6.49. The summed E-state index contributed by atoms with van der Waals surface area (Å²) in [5, 5.41) is 1.29. The van der Waals surface area contributed by atoms with E-state index >= 15 is 0 Å². The number of benzene rings is 1. The Morgan fingerprint density at radius 2 is 1.94 bits per heavy atom. The molecule has 0 amide bonds. The van der Waals surface area contributed by atoms with E-state index in [-0.39, 0.29) is 17.9 Å². The minimum absolute atomic E-state index is 0.0733. The third-order valence-corrected chi connectivity index (χ3v) is 4.74. The second-order valence-corrected chi connectivity index (χ2v) is 6.49. The lowest BCUT2D eigenvalue weighted by molar-refractivity contribution is 0.0376. The van der Waals surface area contributed by atoms with Gasteiger partial charge in [0, 0.05) is 11.7 Å². The quantitative estimate of drug-likeness (QED) is 0.762. The summed E-state index contributed by atoms with van der Waals surface area (Å²) in [6.45, 7) is 9.19. The van der Waals surface area contributed by atoms with Crippen LogP contribution in [0.5, 0.6) is 0 Å². The predicted molar refractivity (Wildman–Crippen MR) is 77.4 cm³/mol. The van der Waals surface area contributed by atoms with Crippen LogP contribution in [0.15, 0.2) is 30.5 Å². The van der Waals surface area contributed by atoms with Gasteiger partial charge in [0.1, 0.15) is 0 Å². The molecular formula is C15H20BNO. The number of H-pyrrole nitrogens is 1. The highest BCUT2D eigenvalue weighted by molar-refractivity contribution is 6.70. The molecule has 2 aromatic rings. The van der Waals surface area contributed by atoms with E-state index in [0.717, 1.165) is 6.32 Å². The smallest absolute Gasteiger partial charge is 0.328 e. The van der Waals surface area contributed by atoms with E-state index < -0.39 is 0 Å². The van der Waals surface area contributed by atoms with E-state index in [9.17, 15) is 0 Å². The van der Waals surface area contributed by atoms with E-state index in [0.29, 0.717) is 0 Å². The fourth-order valence-corrected chi connectivity index (χ4v) is 2.83. The molecule has 3 heteroatoms. The Balaban J connectivity index is 2.05. The Bertz CT molecular complexity index is 569. The first kappa shape index (κ1) is 11.9. The molecule has 1 fully saturated rings. The van der Waals surface area contributed by atoms with Gasteiger partial charge in [0.15, 0.2) is 0 Å². The van der Waals surface area contributed by atoms with Crippen LogP contribution in [-0.4, -0.2) is 17.5 Å². The second kappa shape index (κ2) is 3.64. The first-order valence-corrected chi connectivity index (χ1v) is 6.65. The average molecular weight is 241 g/mol. The summed E-state index contributed by atoms with van der Waals surface area (Å²) in [6.07, 6.45) is 3.07. The van der Waals surface area contributed by atoms with Crippen LogP contribution in [0.25, 0.3) is 10.9 Å². The number of hydrogen-bond donors (Lipinski definition) is 1. The van der Waals surface area contributed by atoms with Crippen molar-refractivity contribution < 1.29 is 4.65 Å². The minimum Gasteiger partial charge on any atom is -0.426 e. The molecule has 94 valence electrons. The molecule has 1 saturated heterocycles. The minimum atomic E-state index is -0.0733. The number of aromatic nitrogens is 1. The van der Waals surface area contributed by atoms with Gasteiger partial charge >= 0.3 is 6.92 Å². The van der Waals surface area contributed by atoms with Crippen molar-refractivity contribution >= 4 is 23.3 Å². The molecular weight excluding hydrogens is 221 g/mol. The molecule has 1 aromatic carbocycles. The van der Waals surface area contributed by atoms with Crippen molar-refractivity contribution in [2.75, 3.05) is 0 Å². The molecule has 18 heavy (non-hydrogen) atoms. The molecule has 1 aliphatic rings. The van der Waals surface area contributed by atoms with Crippen LogP contribution in [-0.2, 0) is 4.65 Å². The molecule has 0 unspecified atom stereocenters. The van der Waals surface area contributed by atoms with E-state index in [2.05, 4.69) is 56.9 Å². The van der Waals surface area contributed by atoms with Gasteiger partial charge in [-0.25, -0.2) is 0 Å². The molecule has 1 N–H and O–H groups in total. The molecule has 0 atom stereocenters. The van der Waals surface area contributed by atoms with E-state index in [1.165, 1.54) is 16.4 Å². The summed E-state index contributed by atoms with van der Waals surface area (Å²) < 4.78 is 6.31. The van der Waals surface area contributed by atoms with Crippen LogP contribution >= 0.6 is 0 Å². The largest absolute Gasteiger partial charge is 0.426 e. The lowest BCUT2D eigenvalue weighted by atomic mass is 9.53. The van der Waals surface area contributed by atoms with Gasteiger partial charge in [0.25, 0.3) is 0 Å². The molecule has 1 aromatic heterocycles. The molecule has 0 bridgehead atoms. The lowest BCUT2D eigenvalue weighted by Gasteiger charge is -2.34. The maximum Gasteiger partial charge on any atom is 0.328 e. The van der Waals surface area contributed by atoms with Crippen molar-refractivity contribution in [1.29, 1.82) is 0 Å². The van der Waals surface area contributed by atoms with Crippen molar-refractivity contribution in [3.63, 3.8) is 0 Å². The summed E-state index contributed by atoms with van der Waals surface area (Å²) in [7, 11) is 0. The van der Waals surface area contributed by atoms with Gasteiger partial charge in [-0.05, 0) is 48.6 Å². The molecule has 1 aliphatic heterocycles. The average Bonchev–Trinajstić information content (AvgIpc) is 2.81. The van der Waals surface area contributed by atoms with Crippen molar-refractivity contribution in [3.05, 3.63) is 30.5 Å². The summed E-state index contributed by atoms with van der Waals surface area (Å²) >= 11 is 0. The van der Waals surface area contributed by atoms with Crippen LogP contribution in [0, 0.1) is 5.41 Å². The zero-order valence-electron chi connectivity index (χ0n) is 11.6. The van der Waals surface area contributed by atoms with Crippen molar-refractivity contribution in [3.8, 4) is 0 Å². The number of aromatic amines is 1. The summed E-state index contributed by atoms with van der Waals surface area (Å²) in [6, 6.07) is 8.56. The maximum absolute atomic E-state index is 6.31. The van der Waals surface area contributed by atoms with Gasteiger partial charge in [0.05, 0.1) is 5.60 Å². The van der Waals surface area contributed by atoms with Gasteiger partial charge in [-0.2, -0.15) is 0 Å². The summed E-state index contributed by atoms with van der Waals surface area (Å²) in [4.78, 5) is 3.27. The highest BCUT2D eigenvalue weighted by Gasteiger charge is 2.50. The van der Waals surface area contributed by atoms with Gasteiger partial charge < -0.3 is 9.64 Å². The van der Waals surface area contributed by atoms with Gasteiger partial charge in [-0.3, -0.25) is 0 Å². The van der Waals surface area contributed by atoms with E-state index in [1.807, 2.05) is 6.20 Å². The normalized spacial score (nSPS) is 21.7. The van der Waals surface area contributed by atoms with E-state index in [1.54, 1.807) is 0 Å². The highest BCUT2D eigenvalue weighted by atomic mass is 16.5. The first-order valence-electron chi connectivity index (χ1n) is 6.65. The van der Waals surface area contributed by atoms with E-state index in [4.69, 9.17) is 4.65 Å². The predicted octanol–water partition coefficient (Wildman–Crippen LogP) is 3.20. The molecule has 2 nitrogen and oxygen atoms in total. The molecule has 0 saturated carbocycles.